The van der Waals surface area contributed by atoms with Gasteiger partial charge in [-0.3, -0.25) is 0 Å². The van der Waals surface area contributed by atoms with Crippen molar-refractivity contribution in [3.05, 3.63) is 23.8 Å². The van der Waals surface area contributed by atoms with Crippen molar-refractivity contribution in [2.75, 3.05) is 0 Å². The van der Waals surface area contributed by atoms with Crippen LogP contribution in [-0.2, 0) is 6.42 Å². The molecule has 2 aromatic heterocycles. The van der Waals surface area contributed by atoms with E-state index in [1.807, 2.05) is 6.92 Å². The van der Waals surface area contributed by atoms with Crippen LogP contribution in [-0.4, -0.2) is 30.7 Å². The maximum absolute atomic E-state index is 10.9. The number of fused-ring (bicyclic) bond motifs is 1. The van der Waals surface area contributed by atoms with Crippen molar-refractivity contribution < 1.29 is 9.90 Å². The van der Waals surface area contributed by atoms with Crippen LogP contribution in [0.3, 0.4) is 0 Å². The molecule has 72 valence electrons. The number of aromatic carboxylic acids is 1. The van der Waals surface area contributed by atoms with Gasteiger partial charge in [0.2, 0.25) is 0 Å². The number of carboxylic acids is 1. The monoisotopic (exact) mass is 192 g/mol. The van der Waals surface area contributed by atoms with E-state index in [1.165, 1.54) is 16.9 Å². The van der Waals surface area contributed by atoms with E-state index in [1.54, 1.807) is 0 Å². The van der Waals surface area contributed by atoms with Crippen molar-refractivity contribution in [1.82, 2.24) is 19.6 Å². The lowest BCUT2D eigenvalue weighted by Gasteiger charge is -2.00. The number of carbonyl (C=O) groups is 1. The molecule has 1 N–H and O–H groups in total. The van der Waals surface area contributed by atoms with Crippen LogP contribution in [0, 0.1) is 0 Å². The van der Waals surface area contributed by atoms with Crippen LogP contribution in [0.1, 0.15) is 23.1 Å². The van der Waals surface area contributed by atoms with Crippen molar-refractivity contribution in [2.45, 2.75) is 13.3 Å². The van der Waals surface area contributed by atoms with E-state index in [0.717, 1.165) is 0 Å². The predicted molar refractivity (Wildman–Crippen MR) is 47.1 cm³/mol. The average molecular weight is 192 g/mol. The van der Waals surface area contributed by atoms with Gasteiger partial charge in [0.05, 0.1) is 0 Å². The molecule has 0 saturated carbocycles. The second-order valence-corrected chi connectivity index (χ2v) is 2.76. The van der Waals surface area contributed by atoms with Gasteiger partial charge in [0.15, 0.2) is 5.69 Å². The predicted octanol–water partition coefficient (Wildman–Crippen LogP) is 0.385. The van der Waals surface area contributed by atoms with Gasteiger partial charge in [-0.1, -0.05) is 6.92 Å². The third kappa shape index (κ3) is 1.20. The molecule has 0 aromatic carbocycles. The number of aryl methyl sites for hydroxylation is 1. The minimum absolute atomic E-state index is 0.0874. The van der Waals surface area contributed by atoms with Gasteiger partial charge >= 0.3 is 5.97 Å². The van der Waals surface area contributed by atoms with Gasteiger partial charge in [-0.25, -0.2) is 9.78 Å². The van der Waals surface area contributed by atoms with Gasteiger partial charge in [0, 0.05) is 5.69 Å². The first kappa shape index (κ1) is 8.61. The molecule has 0 amide bonds. The zero-order valence-electron chi connectivity index (χ0n) is 7.51. The lowest BCUT2D eigenvalue weighted by Crippen LogP contribution is -2.09. The lowest BCUT2D eigenvalue weighted by molar-refractivity contribution is 0.0687. The smallest absolute Gasteiger partial charge is 0.354 e. The summed E-state index contributed by atoms with van der Waals surface area (Å²) < 4.78 is 1.21. The van der Waals surface area contributed by atoms with Crippen LogP contribution >= 0.6 is 0 Å². The second-order valence-electron chi connectivity index (χ2n) is 2.76. The first-order valence-corrected chi connectivity index (χ1v) is 4.15. The summed E-state index contributed by atoms with van der Waals surface area (Å²) in [6.07, 6.45) is 1.96. The molecule has 14 heavy (non-hydrogen) atoms. The maximum Gasteiger partial charge on any atom is 0.354 e. The Kier molecular flexibility index (Phi) is 1.88. The molecule has 2 rings (SSSR count). The summed E-state index contributed by atoms with van der Waals surface area (Å²) in [7, 11) is 0. The van der Waals surface area contributed by atoms with Crippen LogP contribution in [0.5, 0.6) is 0 Å². The molecule has 2 heterocycles. The van der Waals surface area contributed by atoms with Gasteiger partial charge in [0.25, 0.3) is 5.78 Å². The summed E-state index contributed by atoms with van der Waals surface area (Å²) in [5.74, 6) is -0.709. The molecule has 0 aliphatic rings. The Morgan fingerprint density at radius 3 is 3.07 bits per heavy atom. The Bertz CT molecular complexity index is 491. The van der Waals surface area contributed by atoms with Crippen LogP contribution < -0.4 is 0 Å². The van der Waals surface area contributed by atoms with Crippen LogP contribution in [0.25, 0.3) is 5.78 Å². The van der Waals surface area contributed by atoms with E-state index in [2.05, 4.69) is 15.1 Å². The lowest BCUT2D eigenvalue weighted by atomic mass is 10.3. The number of rotatable bonds is 2. The van der Waals surface area contributed by atoms with E-state index in [0.29, 0.717) is 17.9 Å². The van der Waals surface area contributed by atoms with Crippen molar-refractivity contribution in [1.29, 1.82) is 0 Å². The van der Waals surface area contributed by atoms with Crippen molar-refractivity contribution in [3.8, 4) is 0 Å². The molecule has 0 radical (unpaired) electrons. The van der Waals surface area contributed by atoms with Crippen molar-refractivity contribution in [2.24, 2.45) is 0 Å². The average Bonchev–Trinajstić information content (AvgIpc) is 2.63. The summed E-state index contributed by atoms with van der Waals surface area (Å²) in [4.78, 5) is 18.8. The molecule has 0 fully saturated rings. The molecule has 6 nitrogen and oxygen atoms in total. The standard InChI is InChI=1S/C8H8N4O2/c1-2-5-3-6(7(13)14)12-8(11-5)9-4-10-12/h3-4H,2H2,1H3,(H,13,14). The van der Waals surface area contributed by atoms with E-state index >= 15 is 0 Å². The molecule has 0 unspecified atom stereocenters. The highest BCUT2D eigenvalue weighted by Gasteiger charge is 2.12. The fraction of sp³-hybridized carbons (Fsp3) is 0.250. The van der Waals surface area contributed by atoms with E-state index in [4.69, 9.17) is 5.11 Å². The topological polar surface area (TPSA) is 80.4 Å². The largest absolute Gasteiger partial charge is 0.477 e. The van der Waals surface area contributed by atoms with Crippen molar-refractivity contribution >= 4 is 11.7 Å². The van der Waals surface area contributed by atoms with Crippen LogP contribution in [0.2, 0.25) is 0 Å². The highest BCUT2D eigenvalue weighted by atomic mass is 16.4. The van der Waals surface area contributed by atoms with Gasteiger partial charge in [-0.2, -0.15) is 14.6 Å². The van der Waals surface area contributed by atoms with E-state index in [9.17, 15) is 4.79 Å². The second kappa shape index (κ2) is 3.06. The molecule has 6 heteroatoms. The first-order valence-electron chi connectivity index (χ1n) is 4.15. The quantitative estimate of drug-likeness (QED) is 0.744. The van der Waals surface area contributed by atoms with Gasteiger partial charge in [0.1, 0.15) is 6.33 Å². The first-order chi connectivity index (χ1) is 6.72. The Labute approximate surface area is 79.2 Å². The Morgan fingerprint density at radius 1 is 1.64 bits per heavy atom. The van der Waals surface area contributed by atoms with E-state index in [-0.39, 0.29) is 5.69 Å². The minimum atomic E-state index is -1.03. The Morgan fingerprint density at radius 2 is 2.43 bits per heavy atom. The fourth-order valence-corrected chi connectivity index (χ4v) is 1.19. The number of aromatic nitrogens is 4. The zero-order chi connectivity index (χ0) is 10.1. The maximum atomic E-state index is 10.9. The van der Waals surface area contributed by atoms with Gasteiger partial charge < -0.3 is 5.11 Å². The highest BCUT2D eigenvalue weighted by molar-refractivity contribution is 5.86. The fourth-order valence-electron chi connectivity index (χ4n) is 1.19. The molecule has 0 atom stereocenters. The molecule has 2 aromatic rings. The number of hydrogen-bond acceptors (Lipinski definition) is 4. The normalized spacial score (nSPS) is 10.6. The molecule has 0 bridgehead atoms. The number of nitrogens with zero attached hydrogens (tertiary/aromatic N) is 4. The SMILES string of the molecule is CCc1cc(C(=O)O)n2ncnc2n1. The van der Waals surface area contributed by atoms with Crippen molar-refractivity contribution in [3.63, 3.8) is 0 Å². The number of hydrogen-bond donors (Lipinski definition) is 1. The minimum Gasteiger partial charge on any atom is -0.477 e. The van der Waals surface area contributed by atoms with Crippen LogP contribution in [0.15, 0.2) is 12.4 Å². The molecular weight excluding hydrogens is 184 g/mol. The third-order valence-corrected chi connectivity index (χ3v) is 1.89. The summed E-state index contributed by atoms with van der Waals surface area (Å²) >= 11 is 0. The van der Waals surface area contributed by atoms with Gasteiger partial charge in [-0.05, 0) is 12.5 Å². The molecular formula is C8H8N4O2. The summed E-state index contributed by atoms with van der Waals surface area (Å²) in [5.41, 5.74) is 0.784. The molecule has 0 aliphatic carbocycles. The summed E-state index contributed by atoms with van der Waals surface area (Å²) in [6.45, 7) is 1.90. The summed E-state index contributed by atoms with van der Waals surface area (Å²) in [5, 5.41) is 12.7. The summed E-state index contributed by atoms with van der Waals surface area (Å²) in [6, 6.07) is 1.50. The molecule has 0 saturated heterocycles. The van der Waals surface area contributed by atoms with Gasteiger partial charge in [-0.15, -0.1) is 0 Å². The highest BCUT2D eigenvalue weighted by Crippen LogP contribution is 2.05. The Hall–Kier alpha value is -1.98. The van der Waals surface area contributed by atoms with Crippen LogP contribution in [0.4, 0.5) is 0 Å². The third-order valence-electron chi connectivity index (χ3n) is 1.89. The molecule has 0 aliphatic heterocycles. The van der Waals surface area contributed by atoms with E-state index < -0.39 is 5.97 Å². The zero-order valence-corrected chi connectivity index (χ0v) is 7.51. The molecule has 0 spiro atoms. The Balaban J connectivity index is 2.76. The number of carboxylic acid groups (broad SMARTS) is 1.